The second kappa shape index (κ2) is 2.69. The van der Waals surface area contributed by atoms with Crippen LogP contribution in [0.25, 0.3) is 0 Å². The Morgan fingerprint density at radius 2 is 2.44 bits per heavy atom. The highest BCUT2D eigenvalue weighted by Crippen LogP contribution is 2.23. The minimum Gasteiger partial charge on any atom is -0.324 e. The van der Waals surface area contributed by atoms with Crippen molar-refractivity contribution in [2.75, 3.05) is 0 Å². The summed E-state index contributed by atoms with van der Waals surface area (Å²) in [5.41, 5.74) is 5.58. The summed E-state index contributed by atoms with van der Waals surface area (Å²) in [6.07, 6.45) is 0. The quantitative estimate of drug-likeness (QED) is 0.673. The van der Waals surface area contributed by atoms with E-state index in [-0.39, 0.29) is 6.04 Å². The van der Waals surface area contributed by atoms with Crippen molar-refractivity contribution < 1.29 is 0 Å². The third-order valence-corrected chi connectivity index (χ3v) is 2.52. The Morgan fingerprint density at radius 3 is 2.67 bits per heavy atom. The first-order valence-electron chi connectivity index (χ1n) is 2.69. The summed E-state index contributed by atoms with van der Waals surface area (Å²) in [6, 6.07) is 2.01. The minimum atomic E-state index is 0.113. The lowest BCUT2D eigenvalue weighted by Crippen LogP contribution is -2.01. The second-order valence-electron chi connectivity index (χ2n) is 1.96. The van der Waals surface area contributed by atoms with Crippen molar-refractivity contribution in [2.45, 2.75) is 13.0 Å². The fourth-order valence-electron chi connectivity index (χ4n) is 0.567. The molecule has 1 aromatic rings. The summed E-state index contributed by atoms with van der Waals surface area (Å²) in [5, 5.41) is 2.67. The van der Waals surface area contributed by atoms with Crippen molar-refractivity contribution in [1.29, 1.82) is 0 Å². The molecule has 1 aromatic heterocycles. The third kappa shape index (κ3) is 1.68. The Balaban J connectivity index is 2.85. The predicted molar refractivity (Wildman–Crippen MR) is 41.9 cm³/mol. The first kappa shape index (κ1) is 7.06. The summed E-state index contributed by atoms with van der Waals surface area (Å²) >= 11 is 7.26. The van der Waals surface area contributed by atoms with E-state index < -0.39 is 0 Å². The van der Waals surface area contributed by atoms with Gasteiger partial charge in [0, 0.05) is 16.3 Å². The zero-order chi connectivity index (χ0) is 6.85. The Morgan fingerprint density at radius 1 is 1.78 bits per heavy atom. The summed E-state index contributed by atoms with van der Waals surface area (Å²) in [7, 11) is 0. The average Bonchev–Trinajstić information content (AvgIpc) is 2.14. The van der Waals surface area contributed by atoms with E-state index in [2.05, 4.69) is 0 Å². The molecule has 0 unspecified atom stereocenters. The van der Waals surface area contributed by atoms with E-state index in [4.69, 9.17) is 17.3 Å². The lowest BCUT2D eigenvalue weighted by molar-refractivity contribution is 0.838. The molecule has 1 heterocycles. The SMILES string of the molecule is C[C@H](N)c1cc(Cl)cs1. The molecule has 0 fully saturated rings. The summed E-state index contributed by atoms with van der Waals surface area (Å²) < 4.78 is 0. The highest BCUT2D eigenvalue weighted by atomic mass is 35.5. The van der Waals surface area contributed by atoms with Crippen molar-refractivity contribution in [3.63, 3.8) is 0 Å². The van der Waals surface area contributed by atoms with Crippen LogP contribution in [0.2, 0.25) is 5.02 Å². The van der Waals surface area contributed by atoms with E-state index in [9.17, 15) is 0 Å². The van der Waals surface area contributed by atoms with Gasteiger partial charge in [0.05, 0.1) is 5.02 Å². The largest absolute Gasteiger partial charge is 0.324 e. The van der Waals surface area contributed by atoms with E-state index in [0.717, 1.165) is 9.90 Å². The predicted octanol–water partition coefficient (Wildman–Crippen LogP) is 2.42. The molecule has 0 saturated carbocycles. The standard InChI is InChI=1S/C6H8ClNS/c1-4(8)6-2-5(7)3-9-6/h2-4H,8H2,1H3/t4-/m0/s1. The molecule has 0 aliphatic rings. The molecule has 0 aliphatic carbocycles. The average molecular weight is 162 g/mol. The summed E-state index contributed by atoms with van der Waals surface area (Å²) in [5.74, 6) is 0. The van der Waals surface area contributed by atoms with Gasteiger partial charge in [-0.1, -0.05) is 11.6 Å². The fourth-order valence-corrected chi connectivity index (χ4v) is 1.61. The van der Waals surface area contributed by atoms with Gasteiger partial charge in [-0.25, -0.2) is 0 Å². The highest BCUT2D eigenvalue weighted by Gasteiger charge is 2.00. The van der Waals surface area contributed by atoms with Gasteiger partial charge in [0.15, 0.2) is 0 Å². The van der Waals surface area contributed by atoms with Gasteiger partial charge in [0.2, 0.25) is 0 Å². The van der Waals surface area contributed by atoms with Gasteiger partial charge in [-0.2, -0.15) is 0 Å². The van der Waals surface area contributed by atoms with Crippen molar-refractivity contribution in [3.05, 3.63) is 21.3 Å². The van der Waals surface area contributed by atoms with Crippen LogP contribution in [0.3, 0.4) is 0 Å². The third-order valence-electron chi connectivity index (χ3n) is 1.04. The molecular formula is C6H8ClNS. The Hall–Kier alpha value is -0.0500. The Bertz CT molecular complexity index is 195. The maximum absolute atomic E-state index is 5.66. The molecule has 0 bridgehead atoms. The number of halogens is 1. The molecule has 1 atom stereocenters. The topological polar surface area (TPSA) is 26.0 Å². The van der Waals surface area contributed by atoms with Gasteiger partial charge < -0.3 is 5.73 Å². The van der Waals surface area contributed by atoms with Crippen LogP contribution in [-0.2, 0) is 0 Å². The Labute approximate surface area is 63.4 Å². The van der Waals surface area contributed by atoms with Gasteiger partial charge in [0.25, 0.3) is 0 Å². The second-order valence-corrected chi connectivity index (χ2v) is 3.34. The molecule has 0 spiro atoms. The van der Waals surface area contributed by atoms with E-state index in [1.807, 2.05) is 18.4 Å². The maximum atomic E-state index is 5.66. The highest BCUT2D eigenvalue weighted by molar-refractivity contribution is 7.10. The van der Waals surface area contributed by atoms with Crippen molar-refractivity contribution in [2.24, 2.45) is 5.73 Å². The van der Waals surface area contributed by atoms with Crippen LogP contribution in [-0.4, -0.2) is 0 Å². The Kier molecular flexibility index (Phi) is 2.11. The van der Waals surface area contributed by atoms with Crippen LogP contribution < -0.4 is 5.73 Å². The smallest absolute Gasteiger partial charge is 0.0516 e. The molecule has 2 N–H and O–H groups in total. The summed E-state index contributed by atoms with van der Waals surface area (Å²) in [6.45, 7) is 1.95. The number of thiophene rings is 1. The van der Waals surface area contributed by atoms with E-state index in [0.29, 0.717) is 0 Å². The lowest BCUT2D eigenvalue weighted by Gasteiger charge is -1.96. The van der Waals surface area contributed by atoms with E-state index >= 15 is 0 Å². The molecule has 0 amide bonds. The van der Waals surface area contributed by atoms with E-state index in [1.165, 1.54) is 0 Å². The number of hydrogen-bond donors (Lipinski definition) is 1. The molecule has 0 aromatic carbocycles. The molecule has 0 aliphatic heterocycles. The zero-order valence-corrected chi connectivity index (χ0v) is 6.67. The van der Waals surface area contributed by atoms with Crippen LogP contribution in [0.1, 0.15) is 17.8 Å². The monoisotopic (exact) mass is 161 g/mol. The van der Waals surface area contributed by atoms with Crippen LogP contribution in [0.5, 0.6) is 0 Å². The number of rotatable bonds is 1. The first-order valence-corrected chi connectivity index (χ1v) is 3.95. The molecular weight excluding hydrogens is 154 g/mol. The van der Waals surface area contributed by atoms with E-state index in [1.54, 1.807) is 11.3 Å². The molecule has 50 valence electrons. The maximum Gasteiger partial charge on any atom is 0.0516 e. The number of nitrogens with two attached hydrogens (primary N) is 1. The van der Waals surface area contributed by atoms with Gasteiger partial charge in [0.1, 0.15) is 0 Å². The zero-order valence-electron chi connectivity index (χ0n) is 5.10. The number of hydrogen-bond acceptors (Lipinski definition) is 2. The van der Waals surface area contributed by atoms with Gasteiger partial charge in [-0.3, -0.25) is 0 Å². The van der Waals surface area contributed by atoms with Gasteiger partial charge in [-0.05, 0) is 13.0 Å². The molecule has 0 radical (unpaired) electrons. The van der Waals surface area contributed by atoms with Crippen molar-refractivity contribution >= 4 is 22.9 Å². The molecule has 3 heteroatoms. The molecule has 0 saturated heterocycles. The lowest BCUT2D eigenvalue weighted by atomic mass is 10.3. The molecule has 9 heavy (non-hydrogen) atoms. The minimum absolute atomic E-state index is 0.113. The first-order chi connectivity index (χ1) is 4.20. The van der Waals surface area contributed by atoms with Crippen LogP contribution in [0, 0.1) is 0 Å². The summed E-state index contributed by atoms with van der Waals surface area (Å²) in [4.78, 5) is 1.14. The fraction of sp³-hybridized carbons (Fsp3) is 0.333. The normalized spacial score (nSPS) is 13.7. The van der Waals surface area contributed by atoms with Crippen LogP contribution in [0.15, 0.2) is 11.4 Å². The van der Waals surface area contributed by atoms with Gasteiger partial charge in [-0.15, -0.1) is 11.3 Å². The van der Waals surface area contributed by atoms with Crippen LogP contribution in [0.4, 0.5) is 0 Å². The van der Waals surface area contributed by atoms with Crippen LogP contribution >= 0.6 is 22.9 Å². The molecule has 1 nitrogen and oxygen atoms in total. The van der Waals surface area contributed by atoms with Gasteiger partial charge >= 0.3 is 0 Å². The van der Waals surface area contributed by atoms with Crippen molar-refractivity contribution in [1.82, 2.24) is 0 Å². The van der Waals surface area contributed by atoms with Crippen molar-refractivity contribution in [3.8, 4) is 0 Å². The molecule has 1 rings (SSSR count).